The SMILES string of the molecule is CCOC(=O)N1CCC(Nc2c(C(=O)OC)c(=O)[nH]c3ccc(F)cc23)CC1. The number of hydrogen-bond donors (Lipinski definition) is 2. The second kappa shape index (κ2) is 8.28. The van der Waals surface area contributed by atoms with E-state index in [0.29, 0.717) is 43.4 Å². The van der Waals surface area contributed by atoms with Crippen molar-refractivity contribution >= 4 is 28.7 Å². The minimum atomic E-state index is -0.807. The lowest BCUT2D eigenvalue weighted by molar-refractivity contribution is 0.0600. The molecule has 2 heterocycles. The number of ether oxygens (including phenoxy) is 2. The van der Waals surface area contributed by atoms with Crippen LogP contribution in [-0.4, -0.2) is 54.8 Å². The smallest absolute Gasteiger partial charge is 0.409 e. The third-order valence-electron chi connectivity index (χ3n) is 4.74. The number of rotatable bonds is 4. The van der Waals surface area contributed by atoms with Crippen molar-refractivity contribution in [1.29, 1.82) is 0 Å². The Balaban J connectivity index is 1.92. The largest absolute Gasteiger partial charge is 0.465 e. The zero-order chi connectivity index (χ0) is 20.3. The number of carbonyl (C=O) groups is 2. The van der Waals surface area contributed by atoms with E-state index < -0.39 is 17.3 Å². The monoisotopic (exact) mass is 391 g/mol. The zero-order valence-corrected chi connectivity index (χ0v) is 15.7. The van der Waals surface area contributed by atoms with Crippen molar-refractivity contribution < 1.29 is 23.5 Å². The summed E-state index contributed by atoms with van der Waals surface area (Å²) in [6.45, 7) is 3.00. The van der Waals surface area contributed by atoms with Crippen molar-refractivity contribution in [2.45, 2.75) is 25.8 Å². The van der Waals surface area contributed by atoms with Crippen LogP contribution in [0.1, 0.15) is 30.1 Å². The number of amides is 1. The molecule has 0 aliphatic carbocycles. The summed E-state index contributed by atoms with van der Waals surface area (Å²) < 4.78 is 23.6. The molecule has 1 amide bonds. The number of hydrogen-bond acceptors (Lipinski definition) is 6. The number of pyridine rings is 1. The average molecular weight is 391 g/mol. The van der Waals surface area contributed by atoms with Crippen LogP contribution in [-0.2, 0) is 9.47 Å². The maximum atomic E-state index is 13.8. The molecule has 1 saturated heterocycles. The molecule has 1 aliphatic heterocycles. The summed E-state index contributed by atoms with van der Waals surface area (Å²) in [6.07, 6.45) is 0.811. The topological polar surface area (TPSA) is 101 Å². The zero-order valence-electron chi connectivity index (χ0n) is 15.7. The van der Waals surface area contributed by atoms with Crippen LogP contribution in [0.3, 0.4) is 0 Å². The maximum absolute atomic E-state index is 13.8. The number of H-pyrrole nitrogens is 1. The van der Waals surface area contributed by atoms with E-state index in [0.717, 1.165) is 0 Å². The van der Waals surface area contributed by atoms with Gasteiger partial charge in [0.1, 0.15) is 11.4 Å². The van der Waals surface area contributed by atoms with E-state index in [2.05, 4.69) is 10.3 Å². The van der Waals surface area contributed by atoms with Crippen LogP contribution in [0.15, 0.2) is 23.0 Å². The number of benzene rings is 1. The number of esters is 1. The minimum absolute atomic E-state index is 0.109. The highest BCUT2D eigenvalue weighted by molar-refractivity contribution is 6.04. The maximum Gasteiger partial charge on any atom is 0.409 e. The molecule has 150 valence electrons. The molecular weight excluding hydrogens is 369 g/mol. The van der Waals surface area contributed by atoms with Gasteiger partial charge in [-0.15, -0.1) is 0 Å². The van der Waals surface area contributed by atoms with Gasteiger partial charge in [-0.3, -0.25) is 4.79 Å². The highest BCUT2D eigenvalue weighted by atomic mass is 19.1. The fourth-order valence-electron chi connectivity index (χ4n) is 3.34. The van der Waals surface area contributed by atoms with Gasteiger partial charge in [-0.25, -0.2) is 14.0 Å². The highest BCUT2D eigenvalue weighted by Gasteiger charge is 2.27. The number of anilines is 1. The Morgan fingerprint density at radius 2 is 2.04 bits per heavy atom. The molecule has 28 heavy (non-hydrogen) atoms. The van der Waals surface area contributed by atoms with E-state index >= 15 is 0 Å². The third kappa shape index (κ3) is 3.92. The summed E-state index contributed by atoms with van der Waals surface area (Å²) in [4.78, 5) is 40.7. The van der Waals surface area contributed by atoms with E-state index in [4.69, 9.17) is 9.47 Å². The number of nitrogens with zero attached hydrogens (tertiary/aromatic N) is 1. The van der Waals surface area contributed by atoms with E-state index in [-0.39, 0.29) is 23.4 Å². The lowest BCUT2D eigenvalue weighted by Gasteiger charge is -2.32. The Morgan fingerprint density at radius 1 is 1.32 bits per heavy atom. The molecule has 1 fully saturated rings. The van der Waals surface area contributed by atoms with Crippen LogP contribution in [0.2, 0.25) is 0 Å². The van der Waals surface area contributed by atoms with Crippen molar-refractivity contribution in [2.24, 2.45) is 0 Å². The summed E-state index contributed by atoms with van der Waals surface area (Å²) in [5.41, 5.74) is -0.170. The van der Waals surface area contributed by atoms with Gasteiger partial charge < -0.3 is 24.7 Å². The highest BCUT2D eigenvalue weighted by Crippen LogP contribution is 2.28. The van der Waals surface area contributed by atoms with Crippen molar-refractivity contribution in [2.75, 3.05) is 32.1 Å². The van der Waals surface area contributed by atoms with Gasteiger partial charge in [0.15, 0.2) is 0 Å². The van der Waals surface area contributed by atoms with Crippen molar-refractivity contribution in [3.63, 3.8) is 0 Å². The van der Waals surface area contributed by atoms with Crippen molar-refractivity contribution in [3.8, 4) is 0 Å². The third-order valence-corrected chi connectivity index (χ3v) is 4.74. The number of nitrogens with one attached hydrogen (secondary N) is 2. The fraction of sp³-hybridized carbons (Fsp3) is 0.421. The van der Waals surface area contributed by atoms with Gasteiger partial charge in [0, 0.05) is 24.5 Å². The van der Waals surface area contributed by atoms with E-state index in [1.54, 1.807) is 11.8 Å². The second-order valence-corrected chi connectivity index (χ2v) is 6.49. The molecule has 9 heteroatoms. The Kier molecular flexibility index (Phi) is 5.81. The molecule has 8 nitrogen and oxygen atoms in total. The summed E-state index contributed by atoms with van der Waals surface area (Å²) in [5, 5.41) is 3.58. The van der Waals surface area contributed by atoms with Crippen molar-refractivity contribution in [1.82, 2.24) is 9.88 Å². The van der Waals surface area contributed by atoms with Gasteiger partial charge in [-0.2, -0.15) is 0 Å². The van der Waals surface area contributed by atoms with E-state index in [1.807, 2.05) is 0 Å². The number of halogens is 1. The normalized spacial score (nSPS) is 14.8. The van der Waals surface area contributed by atoms with Gasteiger partial charge in [0.25, 0.3) is 5.56 Å². The van der Waals surface area contributed by atoms with E-state index in [9.17, 15) is 18.8 Å². The van der Waals surface area contributed by atoms with E-state index in [1.165, 1.54) is 25.3 Å². The Morgan fingerprint density at radius 3 is 2.68 bits per heavy atom. The molecule has 0 atom stereocenters. The molecule has 3 rings (SSSR count). The number of fused-ring (bicyclic) bond motifs is 1. The summed E-state index contributed by atoms with van der Waals surface area (Å²) in [5.74, 6) is -1.30. The van der Waals surface area contributed by atoms with Crippen molar-refractivity contribution in [3.05, 3.63) is 39.9 Å². The molecule has 1 aromatic heterocycles. The average Bonchev–Trinajstić information content (AvgIpc) is 2.69. The van der Waals surface area contributed by atoms with Gasteiger partial charge >= 0.3 is 12.1 Å². The quantitative estimate of drug-likeness (QED) is 0.777. The number of aromatic amines is 1. The molecule has 0 saturated carbocycles. The Hall–Kier alpha value is -3.10. The molecular formula is C19H22FN3O5. The first-order valence-electron chi connectivity index (χ1n) is 9.06. The molecule has 0 bridgehead atoms. The lowest BCUT2D eigenvalue weighted by atomic mass is 10.0. The van der Waals surface area contributed by atoms with Crippen LogP contribution >= 0.6 is 0 Å². The number of carbonyl (C=O) groups excluding carboxylic acids is 2. The Labute approximate surface area is 160 Å². The summed E-state index contributed by atoms with van der Waals surface area (Å²) in [6, 6.07) is 3.83. The lowest BCUT2D eigenvalue weighted by Crippen LogP contribution is -2.43. The van der Waals surface area contributed by atoms with Crippen LogP contribution in [0, 0.1) is 5.82 Å². The van der Waals surface area contributed by atoms with Gasteiger partial charge in [0.05, 0.1) is 24.9 Å². The summed E-state index contributed by atoms with van der Waals surface area (Å²) >= 11 is 0. The number of methoxy groups -OCH3 is 1. The van der Waals surface area contributed by atoms with Crippen LogP contribution in [0.25, 0.3) is 10.9 Å². The molecule has 1 aliphatic rings. The van der Waals surface area contributed by atoms with Gasteiger partial charge in [-0.05, 0) is 38.0 Å². The molecule has 0 radical (unpaired) electrons. The Bertz CT molecular complexity index is 950. The first-order valence-corrected chi connectivity index (χ1v) is 9.06. The number of aromatic nitrogens is 1. The molecule has 0 unspecified atom stereocenters. The van der Waals surface area contributed by atoms with Crippen LogP contribution in [0.5, 0.6) is 0 Å². The molecule has 2 N–H and O–H groups in total. The number of piperidine rings is 1. The molecule has 1 aromatic carbocycles. The first-order chi connectivity index (χ1) is 13.4. The minimum Gasteiger partial charge on any atom is -0.465 e. The molecule has 2 aromatic rings. The standard InChI is InChI=1S/C19H22FN3O5/c1-3-28-19(26)23-8-6-12(7-9-23)21-16-13-10-11(20)4-5-14(13)22-17(24)15(16)18(25)27-2/h4-5,10,12H,3,6-9H2,1-2H3,(H2,21,22,24). The van der Waals surface area contributed by atoms with Gasteiger partial charge in [0.2, 0.25) is 0 Å². The van der Waals surface area contributed by atoms with Crippen LogP contribution < -0.4 is 10.9 Å². The fourth-order valence-corrected chi connectivity index (χ4v) is 3.34. The molecule has 0 spiro atoms. The first kappa shape index (κ1) is 19.7. The predicted octanol–water partition coefficient (Wildman–Crippen LogP) is 2.49. The van der Waals surface area contributed by atoms with Crippen LogP contribution in [0.4, 0.5) is 14.9 Å². The number of likely N-dealkylation sites (tertiary alicyclic amines) is 1. The summed E-state index contributed by atoms with van der Waals surface area (Å²) in [7, 11) is 1.18. The predicted molar refractivity (Wildman–Crippen MR) is 101 cm³/mol. The second-order valence-electron chi connectivity index (χ2n) is 6.49. The van der Waals surface area contributed by atoms with Gasteiger partial charge in [-0.1, -0.05) is 0 Å².